The second-order valence-corrected chi connectivity index (χ2v) is 4.86. The smallest absolute Gasteiger partial charge is 0.239 e. The summed E-state index contributed by atoms with van der Waals surface area (Å²) >= 11 is 0. The van der Waals surface area contributed by atoms with Crippen LogP contribution in [0, 0.1) is 17.2 Å². The quantitative estimate of drug-likeness (QED) is 0.816. The van der Waals surface area contributed by atoms with E-state index in [1.807, 2.05) is 35.2 Å². The van der Waals surface area contributed by atoms with Gasteiger partial charge in [-0.2, -0.15) is 5.26 Å². The van der Waals surface area contributed by atoms with Crippen LogP contribution in [-0.4, -0.2) is 25.5 Å². The minimum Gasteiger partial charge on any atom is -0.361 e. The van der Waals surface area contributed by atoms with Crippen LogP contribution >= 0.6 is 0 Å². The van der Waals surface area contributed by atoms with Crippen LogP contribution in [0.15, 0.2) is 30.3 Å². The van der Waals surface area contributed by atoms with Gasteiger partial charge in [0.15, 0.2) is 0 Å². The molecule has 1 aromatic rings. The third-order valence-electron chi connectivity index (χ3n) is 2.66. The van der Waals surface area contributed by atoms with Crippen LogP contribution in [0.5, 0.6) is 0 Å². The maximum Gasteiger partial charge on any atom is 0.239 e. The Kier molecular flexibility index (Phi) is 6.45. The van der Waals surface area contributed by atoms with E-state index in [2.05, 4.69) is 25.2 Å². The van der Waals surface area contributed by atoms with E-state index in [0.29, 0.717) is 32.0 Å². The molecule has 19 heavy (non-hydrogen) atoms. The van der Waals surface area contributed by atoms with Crippen molar-refractivity contribution in [1.29, 1.82) is 5.26 Å². The van der Waals surface area contributed by atoms with Gasteiger partial charge < -0.3 is 10.2 Å². The largest absolute Gasteiger partial charge is 0.361 e. The molecule has 0 unspecified atom stereocenters. The molecule has 0 saturated heterocycles. The van der Waals surface area contributed by atoms with Crippen molar-refractivity contribution in [2.45, 2.75) is 20.3 Å². The van der Waals surface area contributed by atoms with Gasteiger partial charge in [0.05, 0.1) is 19.0 Å². The van der Waals surface area contributed by atoms with Crippen molar-refractivity contribution in [2.24, 2.45) is 5.92 Å². The first kappa shape index (κ1) is 15.0. The van der Waals surface area contributed by atoms with Gasteiger partial charge in [-0.05, 0) is 18.1 Å². The van der Waals surface area contributed by atoms with Gasteiger partial charge in [0.1, 0.15) is 0 Å². The summed E-state index contributed by atoms with van der Waals surface area (Å²) in [5.74, 6) is 0.434. The van der Waals surface area contributed by atoms with E-state index in [0.717, 1.165) is 5.69 Å². The van der Waals surface area contributed by atoms with E-state index in [4.69, 9.17) is 5.26 Å². The van der Waals surface area contributed by atoms with Gasteiger partial charge in [-0.1, -0.05) is 32.0 Å². The summed E-state index contributed by atoms with van der Waals surface area (Å²) in [5, 5.41) is 11.6. The molecule has 0 bridgehead atoms. The number of nitrogens with zero attached hydrogens (tertiary/aromatic N) is 2. The Balaban J connectivity index is 2.60. The molecular weight excluding hydrogens is 238 g/mol. The van der Waals surface area contributed by atoms with E-state index < -0.39 is 0 Å². The zero-order valence-corrected chi connectivity index (χ0v) is 11.6. The fourth-order valence-corrected chi connectivity index (χ4v) is 1.67. The van der Waals surface area contributed by atoms with Crippen LogP contribution in [0.1, 0.15) is 20.3 Å². The Morgan fingerprint density at radius 3 is 2.63 bits per heavy atom. The first-order valence-electron chi connectivity index (χ1n) is 6.57. The molecular formula is C15H21N3O. The van der Waals surface area contributed by atoms with E-state index in [1.54, 1.807) is 0 Å². The van der Waals surface area contributed by atoms with Gasteiger partial charge in [0, 0.05) is 18.8 Å². The molecule has 0 aliphatic rings. The molecule has 0 radical (unpaired) electrons. The van der Waals surface area contributed by atoms with Crippen molar-refractivity contribution in [2.75, 3.05) is 24.5 Å². The predicted octanol–water partition coefficient (Wildman–Crippen LogP) is 2.18. The molecule has 0 spiro atoms. The lowest BCUT2D eigenvalue weighted by atomic mass is 10.2. The molecule has 102 valence electrons. The highest BCUT2D eigenvalue weighted by molar-refractivity contribution is 5.81. The summed E-state index contributed by atoms with van der Waals surface area (Å²) in [6, 6.07) is 11.8. The molecule has 4 heteroatoms. The van der Waals surface area contributed by atoms with Gasteiger partial charge in [-0.25, -0.2) is 0 Å². The van der Waals surface area contributed by atoms with E-state index in [1.165, 1.54) is 0 Å². The minimum atomic E-state index is -0.00417. The second-order valence-electron chi connectivity index (χ2n) is 4.86. The van der Waals surface area contributed by atoms with E-state index in [9.17, 15) is 4.79 Å². The van der Waals surface area contributed by atoms with Crippen molar-refractivity contribution in [3.8, 4) is 6.07 Å². The molecule has 4 nitrogen and oxygen atoms in total. The van der Waals surface area contributed by atoms with Gasteiger partial charge in [0.25, 0.3) is 0 Å². The number of benzene rings is 1. The Morgan fingerprint density at radius 2 is 2.05 bits per heavy atom. The van der Waals surface area contributed by atoms with Gasteiger partial charge in [0.2, 0.25) is 5.91 Å². The zero-order chi connectivity index (χ0) is 14.1. The fraction of sp³-hybridized carbons (Fsp3) is 0.467. The summed E-state index contributed by atoms with van der Waals surface area (Å²) in [6.07, 6.45) is 0.409. The molecule has 1 N–H and O–H groups in total. The lowest BCUT2D eigenvalue weighted by molar-refractivity contribution is -0.119. The molecule has 0 aromatic heterocycles. The summed E-state index contributed by atoms with van der Waals surface area (Å²) < 4.78 is 0. The zero-order valence-electron chi connectivity index (χ0n) is 11.6. The number of carbonyl (C=O) groups is 1. The third kappa shape index (κ3) is 5.91. The van der Waals surface area contributed by atoms with E-state index >= 15 is 0 Å². The highest BCUT2D eigenvalue weighted by Gasteiger charge is 2.11. The van der Waals surface area contributed by atoms with Crippen LogP contribution in [0.3, 0.4) is 0 Å². The normalized spacial score (nSPS) is 10.0. The number of para-hydroxylation sites is 1. The first-order valence-corrected chi connectivity index (χ1v) is 6.57. The van der Waals surface area contributed by atoms with Crippen molar-refractivity contribution in [1.82, 2.24) is 5.32 Å². The van der Waals surface area contributed by atoms with Crippen LogP contribution in [0.25, 0.3) is 0 Å². The molecule has 0 saturated carbocycles. The number of anilines is 1. The molecule has 0 heterocycles. The summed E-state index contributed by atoms with van der Waals surface area (Å²) in [7, 11) is 0. The van der Waals surface area contributed by atoms with Crippen molar-refractivity contribution >= 4 is 11.6 Å². The second kappa shape index (κ2) is 8.15. The Labute approximate surface area is 115 Å². The lowest BCUT2D eigenvalue weighted by Crippen LogP contribution is -2.39. The maximum atomic E-state index is 11.9. The number of hydrogen-bond donors (Lipinski definition) is 1. The van der Waals surface area contributed by atoms with Crippen molar-refractivity contribution in [3.05, 3.63) is 30.3 Å². The Hall–Kier alpha value is -2.02. The Morgan fingerprint density at radius 1 is 1.37 bits per heavy atom. The average molecular weight is 259 g/mol. The summed E-state index contributed by atoms with van der Waals surface area (Å²) in [4.78, 5) is 13.8. The highest BCUT2D eigenvalue weighted by Crippen LogP contribution is 2.13. The van der Waals surface area contributed by atoms with Gasteiger partial charge in [-0.3, -0.25) is 4.79 Å². The van der Waals surface area contributed by atoms with Crippen LogP contribution in [0.4, 0.5) is 5.69 Å². The molecule has 1 rings (SSSR count). The third-order valence-corrected chi connectivity index (χ3v) is 2.66. The van der Waals surface area contributed by atoms with Crippen molar-refractivity contribution in [3.63, 3.8) is 0 Å². The Bertz CT molecular complexity index is 423. The molecule has 0 aliphatic heterocycles. The monoisotopic (exact) mass is 259 g/mol. The van der Waals surface area contributed by atoms with Crippen LogP contribution in [-0.2, 0) is 4.79 Å². The number of rotatable bonds is 7. The maximum absolute atomic E-state index is 11.9. The van der Waals surface area contributed by atoms with Crippen molar-refractivity contribution < 1.29 is 4.79 Å². The standard InChI is InChI=1S/C15H21N3O/c1-13(2)11-17-15(19)12-18(10-6-9-16)14-7-4-3-5-8-14/h3-5,7-8,13H,6,10-12H2,1-2H3,(H,17,19). The average Bonchev–Trinajstić information content (AvgIpc) is 2.42. The fourth-order valence-electron chi connectivity index (χ4n) is 1.67. The first-order chi connectivity index (χ1) is 9.13. The van der Waals surface area contributed by atoms with Gasteiger partial charge in [-0.15, -0.1) is 0 Å². The topological polar surface area (TPSA) is 56.1 Å². The number of nitrogens with one attached hydrogen (secondary N) is 1. The molecule has 1 aromatic carbocycles. The van der Waals surface area contributed by atoms with Crippen LogP contribution < -0.4 is 10.2 Å². The molecule has 0 atom stereocenters. The number of nitriles is 1. The van der Waals surface area contributed by atoms with Crippen LogP contribution in [0.2, 0.25) is 0 Å². The summed E-state index contributed by atoms with van der Waals surface area (Å²) in [6.45, 7) is 5.66. The number of hydrogen-bond acceptors (Lipinski definition) is 3. The minimum absolute atomic E-state index is 0.00417. The molecule has 1 amide bonds. The lowest BCUT2D eigenvalue weighted by Gasteiger charge is -2.23. The predicted molar refractivity (Wildman–Crippen MR) is 76.7 cm³/mol. The molecule has 0 fully saturated rings. The number of carbonyl (C=O) groups excluding carboxylic acids is 1. The summed E-state index contributed by atoms with van der Waals surface area (Å²) in [5.41, 5.74) is 0.970. The number of amides is 1. The molecule has 0 aliphatic carbocycles. The SMILES string of the molecule is CC(C)CNC(=O)CN(CCC#N)c1ccccc1. The highest BCUT2D eigenvalue weighted by atomic mass is 16.2. The van der Waals surface area contributed by atoms with Gasteiger partial charge >= 0.3 is 0 Å². The van der Waals surface area contributed by atoms with E-state index in [-0.39, 0.29) is 5.91 Å².